The first-order valence-electron chi connectivity index (χ1n) is 9.18. The van der Waals surface area contributed by atoms with Crippen LogP contribution in [0.2, 0.25) is 0 Å². The highest BCUT2D eigenvalue weighted by atomic mass is 79.9. The molecule has 5 nitrogen and oxygen atoms in total. The van der Waals surface area contributed by atoms with Gasteiger partial charge in [-0.1, -0.05) is 27.7 Å². The molecule has 1 N–H and O–H groups in total. The number of carbonyl (C=O) groups excluding carboxylic acids is 1. The van der Waals surface area contributed by atoms with Crippen LogP contribution in [0.1, 0.15) is 30.2 Å². The van der Waals surface area contributed by atoms with Crippen LogP contribution in [0.3, 0.4) is 0 Å². The second-order valence-electron chi connectivity index (χ2n) is 6.91. The number of fused-ring (bicyclic) bond motifs is 3. The number of anilines is 1. The van der Waals surface area contributed by atoms with Crippen LogP contribution < -0.4 is 10.9 Å². The van der Waals surface area contributed by atoms with E-state index in [9.17, 15) is 9.59 Å². The van der Waals surface area contributed by atoms with E-state index in [4.69, 9.17) is 4.98 Å². The second-order valence-corrected chi connectivity index (χ2v) is 10.2. The maximum Gasteiger partial charge on any atom is 0.262 e. The first kappa shape index (κ1) is 19.7. The van der Waals surface area contributed by atoms with Gasteiger partial charge in [-0.3, -0.25) is 14.2 Å². The molecule has 0 bridgehead atoms. The zero-order valence-corrected chi connectivity index (χ0v) is 18.8. The molecule has 1 aliphatic carbocycles. The van der Waals surface area contributed by atoms with Gasteiger partial charge in [0.1, 0.15) is 4.83 Å². The predicted molar refractivity (Wildman–Crippen MR) is 120 cm³/mol. The summed E-state index contributed by atoms with van der Waals surface area (Å²) in [5.74, 6) is -0.118. The van der Waals surface area contributed by atoms with E-state index in [0.29, 0.717) is 5.16 Å². The Morgan fingerprint density at radius 2 is 2.00 bits per heavy atom. The number of halogens is 1. The lowest BCUT2D eigenvalue weighted by Crippen LogP contribution is -2.25. The number of thioether (sulfide) groups is 1. The summed E-state index contributed by atoms with van der Waals surface area (Å²) in [5, 5.41) is 3.88. The zero-order chi connectivity index (χ0) is 19.8. The van der Waals surface area contributed by atoms with Crippen molar-refractivity contribution in [2.75, 3.05) is 5.32 Å². The Bertz CT molecular complexity index is 1110. The topological polar surface area (TPSA) is 64.0 Å². The standard InChI is InChI=1S/C20H20BrN3O2S2/c1-11(17(25)22-13-9-7-12(21)8-10-13)27-20-23-18-16(19(26)24(20)2)14-5-3-4-6-15(14)28-18/h7-11H,3-6H2,1-2H3,(H,22,25). The highest BCUT2D eigenvalue weighted by Gasteiger charge is 2.23. The number of nitrogens with zero attached hydrogens (tertiary/aromatic N) is 2. The molecule has 28 heavy (non-hydrogen) atoms. The average molecular weight is 478 g/mol. The number of nitrogens with one attached hydrogen (secondary N) is 1. The van der Waals surface area contributed by atoms with Crippen LogP contribution in [0.15, 0.2) is 38.7 Å². The molecule has 3 aromatic rings. The summed E-state index contributed by atoms with van der Waals surface area (Å²) in [6.45, 7) is 1.83. The van der Waals surface area contributed by atoms with Crippen molar-refractivity contribution in [3.05, 3.63) is 49.5 Å². The van der Waals surface area contributed by atoms with Gasteiger partial charge in [0.15, 0.2) is 5.16 Å². The van der Waals surface area contributed by atoms with E-state index in [1.165, 1.54) is 28.6 Å². The van der Waals surface area contributed by atoms with Crippen molar-refractivity contribution in [3.8, 4) is 0 Å². The molecular weight excluding hydrogens is 458 g/mol. The van der Waals surface area contributed by atoms with Crippen LogP contribution >= 0.6 is 39.0 Å². The number of amides is 1. The van der Waals surface area contributed by atoms with Crippen LogP contribution in [0, 0.1) is 0 Å². The van der Waals surface area contributed by atoms with Crippen molar-refractivity contribution in [2.24, 2.45) is 7.05 Å². The Morgan fingerprint density at radius 3 is 2.75 bits per heavy atom. The van der Waals surface area contributed by atoms with Gasteiger partial charge in [0.05, 0.1) is 10.6 Å². The first-order valence-corrected chi connectivity index (χ1v) is 11.7. The number of thiophene rings is 1. The van der Waals surface area contributed by atoms with Crippen molar-refractivity contribution in [1.29, 1.82) is 0 Å². The first-order chi connectivity index (χ1) is 13.4. The maximum atomic E-state index is 13.0. The van der Waals surface area contributed by atoms with E-state index in [1.807, 2.05) is 31.2 Å². The summed E-state index contributed by atoms with van der Waals surface area (Å²) in [4.78, 5) is 32.4. The smallest absolute Gasteiger partial charge is 0.262 e. The van der Waals surface area contributed by atoms with Gasteiger partial charge in [-0.05, 0) is 62.4 Å². The Labute approximate surface area is 179 Å². The molecule has 0 saturated heterocycles. The quantitative estimate of drug-likeness (QED) is 0.434. The molecule has 1 aliphatic rings. The van der Waals surface area contributed by atoms with Gasteiger partial charge < -0.3 is 5.32 Å². The Kier molecular flexibility index (Phi) is 5.62. The number of benzene rings is 1. The fourth-order valence-corrected chi connectivity index (χ4v) is 5.80. The number of aromatic nitrogens is 2. The minimum absolute atomic E-state index is 0.00702. The lowest BCUT2D eigenvalue weighted by Gasteiger charge is -2.14. The lowest BCUT2D eigenvalue weighted by molar-refractivity contribution is -0.115. The van der Waals surface area contributed by atoms with Crippen LogP contribution in [-0.2, 0) is 24.7 Å². The summed E-state index contributed by atoms with van der Waals surface area (Å²) >= 11 is 6.33. The molecule has 1 amide bonds. The van der Waals surface area contributed by atoms with Crippen LogP contribution in [0.4, 0.5) is 5.69 Å². The largest absolute Gasteiger partial charge is 0.325 e. The van der Waals surface area contributed by atoms with Gasteiger partial charge in [0.2, 0.25) is 5.91 Å². The molecule has 4 rings (SSSR count). The molecule has 2 heterocycles. The molecule has 0 saturated carbocycles. The molecule has 0 spiro atoms. The van der Waals surface area contributed by atoms with Gasteiger partial charge in [0.25, 0.3) is 5.56 Å². The van der Waals surface area contributed by atoms with Gasteiger partial charge in [-0.2, -0.15) is 0 Å². The summed E-state index contributed by atoms with van der Waals surface area (Å²) in [5.41, 5.74) is 1.92. The van der Waals surface area contributed by atoms with Gasteiger partial charge in [-0.25, -0.2) is 4.98 Å². The second kappa shape index (κ2) is 8.00. The van der Waals surface area contributed by atoms with Crippen molar-refractivity contribution < 1.29 is 4.79 Å². The van der Waals surface area contributed by atoms with Crippen LogP contribution in [0.5, 0.6) is 0 Å². The van der Waals surface area contributed by atoms with Crippen molar-refractivity contribution >= 4 is 60.8 Å². The molecule has 1 atom stereocenters. The molecule has 0 fully saturated rings. The Balaban J connectivity index is 1.58. The van der Waals surface area contributed by atoms with E-state index in [2.05, 4.69) is 21.2 Å². The molecule has 1 unspecified atom stereocenters. The third kappa shape index (κ3) is 3.77. The van der Waals surface area contributed by atoms with Gasteiger partial charge in [-0.15, -0.1) is 11.3 Å². The van der Waals surface area contributed by atoms with Crippen molar-refractivity contribution in [2.45, 2.75) is 43.0 Å². The molecule has 146 valence electrons. The lowest BCUT2D eigenvalue weighted by atomic mass is 9.97. The summed E-state index contributed by atoms with van der Waals surface area (Å²) in [6.07, 6.45) is 4.31. The average Bonchev–Trinajstić information content (AvgIpc) is 3.05. The minimum atomic E-state index is -0.381. The fraction of sp³-hybridized carbons (Fsp3) is 0.350. The van der Waals surface area contributed by atoms with E-state index in [-0.39, 0.29) is 16.7 Å². The highest BCUT2D eigenvalue weighted by Crippen LogP contribution is 2.35. The molecule has 1 aromatic carbocycles. The minimum Gasteiger partial charge on any atom is -0.325 e. The SMILES string of the molecule is CC(Sc1nc2sc3c(c2c(=O)n1C)CCCC3)C(=O)Nc1ccc(Br)cc1. The number of rotatable bonds is 4. The van der Waals surface area contributed by atoms with Crippen LogP contribution in [-0.4, -0.2) is 20.7 Å². The number of carbonyl (C=O) groups is 1. The normalized spacial score (nSPS) is 14.7. The van der Waals surface area contributed by atoms with Gasteiger partial charge >= 0.3 is 0 Å². The van der Waals surface area contributed by atoms with Gasteiger partial charge in [0, 0.05) is 22.1 Å². The summed E-state index contributed by atoms with van der Waals surface area (Å²) in [6, 6.07) is 7.45. The molecule has 0 radical (unpaired) electrons. The number of hydrogen-bond acceptors (Lipinski definition) is 5. The summed E-state index contributed by atoms with van der Waals surface area (Å²) < 4.78 is 2.54. The number of hydrogen-bond donors (Lipinski definition) is 1. The maximum absolute atomic E-state index is 13.0. The van der Waals surface area contributed by atoms with E-state index < -0.39 is 0 Å². The van der Waals surface area contributed by atoms with E-state index in [1.54, 1.807) is 23.0 Å². The fourth-order valence-electron chi connectivity index (χ4n) is 3.36. The molecule has 2 aromatic heterocycles. The van der Waals surface area contributed by atoms with Crippen molar-refractivity contribution in [3.63, 3.8) is 0 Å². The van der Waals surface area contributed by atoms with E-state index in [0.717, 1.165) is 39.6 Å². The Hall–Kier alpha value is -1.64. The third-order valence-electron chi connectivity index (χ3n) is 4.92. The summed E-state index contributed by atoms with van der Waals surface area (Å²) in [7, 11) is 1.74. The predicted octanol–water partition coefficient (Wildman–Crippen LogP) is 4.76. The number of aryl methyl sites for hydroxylation is 2. The van der Waals surface area contributed by atoms with Crippen LogP contribution in [0.25, 0.3) is 10.2 Å². The van der Waals surface area contributed by atoms with E-state index >= 15 is 0 Å². The van der Waals surface area contributed by atoms with Crippen molar-refractivity contribution in [1.82, 2.24) is 9.55 Å². The zero-order valence-electron chi connectivity index (χ0n) is 15.6. The Morgan fingerprint density at radius 1 is 1.29 bits per heavy atom. The monoisotopic (exact) mass is 477 g/mol. The molecule has 0 aliphatic heterocycles. The third-order valence-corrected chi connectivity index (χ3v) is 7.78. The highest BCUT2D eigenvalue weighted by molar-refractivity contribution is 9.10. The molecule has 8 heteroatoms. The molecular formula is C20H20BrN3O2S2.